The summed E-state index contributed by atoms with van der Waals surface area (Å²) >= 11 is 0. The van der Waals surface area contributed by atoms with Crippen LogP contribution in [0.15, 0.2) is 23.2 Å². The fourth-order valence-corrected chi connectivity index (χ4v) is 1.15. The van der Waals surface area contributed by atoms with Gasteiger partial charge in [-0.05, 0) is 30.7 Å². The van der Waals surface area contributed by atoms with Gasteiger partial charge in [0.25, 0.3) is 0 Å². The van der Waals surface area contributed by atoms with E-state index in [2.05, 4.69) is 4.99 Å². The molecule has 0 aliphatic carbocycles. The number of hydrogen-bond donors (Lipinski definition) is 1. The van der Waals surface area contributed by atoms with Crippen molar-refractivity contribution in [1.82, 2.24) is 0 Å². The van der Waals surface area contributed by atoms with Gasteiger partial charge in [-0.25, -0.2) is 4.99 Å². The second-order valence-corrected chi connectivity index (χ2v) is 3.84. The van der Waals surface area contributed by atoms with Gasteiger partial charge in [-0.2, -0.15) is 0 Å². The van der Waals surface area contributed by atoms with Crippen LogP contribution in [0, 0.1) is 12.8 Å². The molecule has 0 aliphatic rings. The molecule has 0 amide bonds. The van der Waals surface area contributed by atoms with Gasteiger partial charge in [0.2, 0.25) is 0 Å². The van der Waals surface area contributed by atoms with Crippen LogP contribution in [-0.4, -0.2) is 12.9 Å². The topological polar surface area (TPSA) is 47.6 Å². The summed E-state index contributed by atoms with van der Waals surface area (Å²) in [7, 11) is 1.65. The van der Waals surface area contributed by atoms with E-state index in [0.717, 1.165) is 17.0 Å². The Morgan fingerprint density at radius 3 is 2.53 bits per heavy atom. The second kappa shape index (κ2) is 4.82. The van der Waals surface area contributed by atoms with Crippen LogP contribution in [0.1, 0.15) is 19.4 Å². The molecule has 15 heavy (non-hydrogen) atoms. The molecule has 0 bridgehead atoms. The van der Waals surface area contributed by atoms with Gasteiger partial charge in [0.05, 0.1) is 12.8 Å². The molecule has 1 rings (SSSR count). The first kappa shape index (κ1) is 11.6. The van der Waals surface area contributed by atoms with Gasteiger partial charge in [-0.15, -0.1) is 0 Å². The van der Waals surface area contributed by atoms with E-state index in [0.29, 0.717) is 5.84 Å². The molecule has 82 valence electrons. The van der Waals surface area contributed by atoms with Crippen LogP contribution in [0.4, 0.5) is 5.69 Å². The first-order chi connectivity index (χ1) is 7.04. The number of benzene rings is 1. The maximum Gasteiger partial charge on any atom is 0.119 e. The molecule has 0 spiro atoms. The lowest BCUT2D eigenvalue weighted by atomic mass is 10.1. The number of amidine groups is 1. The minimum Gasteiger partial charge on any atom is -0.497 e. The molecule has 0 aromatic heterocycles. The van der Waals surface area contributed by atoms with Crippen LogP contribution in [0.3, 0.4) is 0 Å². The molecule has 2 N–H and O–H groups in total. The van der Waals surface area contributed by atoms with Crippen LogP contribution in [0.2, 0.25) is 0 Å². The third-order valence-corrected chi connectivity index (χ3v) is 2.25. The lowest BCUT2D eigenvalue weighted by Crippen LogP contribution is -2.18. The number of nitrogens with zero attached hydrogens (tertiary/aromatic N) is 1. The van der Waals surface area contributed by atoms with Crippen molar-refractivity contribution in [3.63, 3.8) is 0 Å². The maximum atomic E-state index is 5.81. The fourth-order valence-electron chi connectivity index (χ4n) is 1.15. The van der Waals surface area contributed by atoms with E-state index < -0.39 is 0 Å². The van der Waals surface area contributed by atoms with Gasteiger partial charge in [0.1, 0.15) is 11.6 Å². The normalized spacial score (nSPS) is 11.9. The summed E-state index contributed by atoms with van der Waals surface area (Å²) in [4.78, 5) is 4.37. The lowest BCUT2D eigenvalue weighted by molar-refractivity contribution is 0.414. The number of aryl methyl sites for hydroxylation is 1. The molecular weight excluding hydrogens is 188 g/mol. The molecule has 0 aliphatic heterocycles. The predicted molar refractivity (Wildman–Crippen MR) is 63.9 cm³/mol. The van der Waals surface area contributed by atoms with Gasteiger partial charge in [-0.3, -0.25) is 0 Å². The Morgan fingerprint density at radius 1 is 1.40 bits per heavy atom. The molecular formula is C12H18N2O. The van der Waals surface area contributed by atoms with Crippen molar-refractivity contribution in [3.8, 4) is 5.75 Å². The SMILES string of the molecule is COc1ccc(N=C(N)C(C)C)c(C)c1. The highest BCUT2D eigenvalue weighted by Crippen LogP contribution is 2.23. The van der Waals surface area contributed by atoms with E-state index >= 15 is 0 Å². The smallest absolute Gasteiger partial charge is 0.119 e. The number of nitrogens with two attached hydrogens (primary N) is 1. The number of hydrogen-bond acceptors (Lipinski definition) is 2. The highest BCUT2D eigenvalue weighted by Gasteiger charge is 2.02. The average Bonchev–Trinajstić information content (AvgIpc) is 2.20. The molecule has 3 nitrogen and oxygen atoms in total. The quantitative estimate of drug-likeness (QED) is 0.610. The van der Waals surface area contributed by atoms with E-state index in [1.807, 2.05) is 39.0 Å². The standard InChI is InChI=1S/C12H18N2O/c1-8(2)12(13)14-11-6-5-10(15-4)7-9(11)3/h5-8H,1-4H3,(H2,13,14). The molecule has 0 fully saturated rings. The number of aliphatic imine (C=N–C) groups is 1. The van der Waals surface area contributed by atoms with E-state index in [9.17, 15) is 0 Å². The molecule has 0 heterocycles. The summed E-state index contributed by atoms with van der Waals surface area (Å²) in [6.07, 6.45) is 0. The number of methoxy groups -OCH3 is 1. The Kier molecular flexibility index (Phi) is 3.72. The van der Waals surface area contributed by atoms with Gasteiger partial charge in [0.15, 0.2) is 0 Å². The van der Waals surface area contributed by atoms with E-state index in [4.69, 9.17) is 10.5 Å². The Morgan fingerprint density at radius 2 is 2.07 bits per heavy atom. The summed E-state index contributed by atoms with van der Waals surface area (Å²) in [6, 6.07) is 5.76. The third kappa shape index (κ3) is 2.98. The van der Waals surface area contributed by atoms with Crippen LogP contribution < -0.4 is 10.5 Å². The summed E-state index contributed by atoms with van der Waals surface area (Å²) < 4.78 is 5.12. The monoisotopic (exact) mass is 206 g/mol. The van der Waals surface area contributed by atoms with Crippen LogP contribution >= 0.6 is 0 Å². The summed E-state index contributed by atoms with van der Waals surface area (Å²) in [5.74, 6) is 1.77. The molecule has 0 radical (unpaired) electrons. The zero-order valence-corrected chi connectivity index (χ0v) is 9.74. The van der Waals surface area contributed by atoms with Crippen molar-refractivity contribution >= 4 is 11.5 Å². The van der Waals surface area contributed by atoms with Crippen LogP contribution in [0.5, 0.6) is 5.75 Å². The maximum absolute atomic E-state index is 5.81. The van der Waals surface area contributed by atoms with Crippen LogP contribution in [0.25, 0.3) is 0 Å². The zero-order valence-electron chi connectivity index (χ0n) is 9.74. The van der Waals surface area contributed by atoms with Crippen molar-refractivity contribution in [3.05, 3.63) is 23.8 Å². The molecule has 3 heteroatoms. The minimum atomic E-state index is 0.270. The fraction of sp³-hybridized carbons (Fsp3) is 0.417. The van der Waals surface area contributed by atoms with Gasteiger partial charge in [0, 0.05) is 5.92 Å². The molecule has 0 atom stereocenters. The molecule has 1 aromatic rings. The lowest BCUT2D eigenvalue weighted by Gasteiger charge is -2.07. The summed E-state index contributed by atoms with van der Waals surface area (Å²) in [6.45, 7) is 6.05. The number of ether oxygens (including phenoxy) is 1. The van der Waals surface area contributed by atoms with Gasteiger partial charge < -0.3 is 10.5 Å². The average molecular weight is 206 g/mol. The Bertz CT molecular complexity index is 370. The van der Waals surface area contributed by atoms with Crippen molar-refractivity contribution < 1.29 is 4.74 Å². The second-order valence-electron chi connectivity index (χ2n) is 3.84. The molecule has 1 aromatic carbocycles. The van der Waals surface area contributed by atoms with Crippen molar-refractivity contribution in [2.45, 2.75) is 20.8 Å². The molecule has 0 saturated heterocycles. The molecule has 0 unspecified atom stereocenters. The Hall–Kier alpha value is -1.51. The van der Waals surface area contributed by atoms with Crippen molar-refractivity contribution in [2.24, 2.45) is 16.6 Å². The first-order valence-corrected chi connectivity index (χ1v) is 5.03. The Balaban J connectivity index is 3.01. The van der Waals surface area contributed by atoms with E-state index in [1.54, 1.807) is 7.11 Å². The minimum absolute atomic E-state index is 0.270. The van der Waals surface area contributed by atoms with Gasteiger partial charge >= 0.3 is 0 Å². The number of rotatable bonds is 3. The molecule has 0 saturated carbocycles. The van der Waals surface area contributed by atoms with E-state index in [-0.39, 0.29) is 5.92 Å². The summed E-state index contributed by atoms with van der Waals surface area (Å²) in [5.41, 5.74) is 7.78. The highest BCUT2D eigenvalue weighted by atomic mass is 16.5. The van der Waals surface area contributed by atoms with Crippen molar-refractivity contribution in [2.75, 3.05) is 7.11 Å². The van der Waals surface area contributed by atoms with E-state index in [1.165, 1.54) is 0 Å². The first-order valence-electron chi connectivity index (χ1n) is 5.03. The highest BCUT2D eigenvalue weighted by molar-refractivity contribution is 5.85. The predicted octanol–water partition coefficient (Wildman–Crippen LogP) is 2.65. The largest absolute Gasteiger partial charge is 0.497 e. The third-order valence-electron chi connectivity index (χ3n) is 2.25. The summed E-state index contributed by atoms with van der Waals surface area (Å²) in [5, 5.41) is 0. The van der Waals surface area contributed by atoms with Crippen LogP contribution in [-0.2, 0) is 0 Å². The Labute approximate surface area is 91.0 Å². The van der Waals surface area contributed by atoms with Crippen molar-refractivity contribution in [1.29, 1.82) is 0 Å². The zero-order chi connectivity index (χ0) is 11.4. The van der Waals surface area contributed by atoms with Gasteiger partial charge in [-0.1, -0.05) is 13.8 Å².